The smallest absolute Gasteiger partial charge is 0.406 e. The molecule has 0 saturated carbocycles. The Labute approximate surface area is 193 Å². The highest BCUT2D eigenvalue weighted by molar-refractivity contribution is 7.26. The van der Waals surface area contributed by atoms with Gasteiger partial charge >= 0.3 is 12.7 Å². The number of benzene rings is 2. The molecule has 0 fully saturated rings. The van der Waals surface area contributed by atoms with E-state index in [-0.39, 0.29) is 21.5 Å². The molecule has 0 atom stereocenters. The molecule has 13 heteroatoms. The van der Waals surface area contributed by atoms with Gasteiger partial charge in [-0.25, -0.2) is 0 Å². The molecule has 0 unspecified atom stereocenters. The van der Waals surface area contributed by atoms with Crippen molar-refractivity contribution in [3.63, 3.8) is 0 Å². The van der Waals surface area contributed by atoms with Gasteiger partial charge in [0.15, 0.2) is 0 Å². The second kappa shape index (κ2) is 7.58. The number of ether oxygens (including phenoxy) is 2. The zero-order valence-electron chi connectivity index (χ0n) is 16.7. The van der Waals surface area contributed by atoms with Crippen molar-refractivity contribution in [2.75, 3.05) is 0 Å². The van der Waals surface area contributed by atoms with E-state index >= 15 is 0 Å². The Balaban J connectivity index is 1.90. The van der Waals surface area contributed by atoms with Crippen LogP contribution in [-0.2, 0) is 0 Å². The number of hydrogen-bond donors (Lipinski definition) is 0. The van der Waals surface area contributed by atoms with Crippen LogP contribution in [0.5, 0.6) is 11.5 Å². The van der Waals surface area contributed by atoms with Crippen LogP contribution in [0.25, 0.3) is 41.7 Å². The van der Waals surface area contributed by atoms with E-state index in [4.69, 9.17) is 0 Å². The first kappa shape index (κ1) is 22.4. The lowest BCUT2D eigenvalue weighted by molar-refractivity contribution is -0.275. The zero-order chi connectivity index (χ0) is 25.1. The van der Waals surface area contributed by atoms with Gasteiger partial charge in [-0.05, 0) is 47.2 Å². The van der Waals surface area contributed by atoms with Crippen LogP contribution in [0.15, 0.2) is 46.4 Å². The second-order valence-corrected chi connectivity index (χ2v) is 8.16. The number of fused-ring (bicyclic) bond motifs is 7. The standard InChI is InChI=1S/C22H6F6N4O2S/c23-21(24,25)33-9-1-3-11-13(5-9)17(31-7-29)19-15(11)16-12-4-2-10(34-22(26,27)28)6-14(12)18(32-8-30)20(16)35-19/h1-6H/b31-17+,32-18+. The van der Waals surface area contributed by atoms with E-state index in [1.54, 1.807) is 12.4 Å². The van der Waals surface area contributed by atoms with Gasteiger partial charge in [0.25, 0.3) is 0 Å². The van der Waals surface area contributed by atoms with Crippen LogP contribution in [0.2, 0.25) is 0 Å². The summed E-state index contributed by atoms with van der Waals surface area (Å²) in [7, 11) is 0. The lowest BCUT2D eigenvalue weighted by Crippen LogP contribution is -2.17. The molecule has 5 rings (SSSR count). The first-order chi connectivity index (χ1) is 16.5. The van der Waals surface area contributed by atoms with Crippen molar-refractivity contribution in [2.45, 2.75) is 12.7 Å². The van der Waals surface area contributed by atoms with Crippen molar-refractivity contribution >= 4 is 53.1 Å². The molecule has 1 heterocycles. The molecule has 174 valence electrons. The van der Waals surface area contributed by atoms with Crippen LogP contribution in [0.4, 0.5) is 26.3 Å². The Hall–Kier alpha value is -4.36. The fourth-order valence-electron chi connectivity index (χ4n) is 4.11. The molecule has 0 aliphatic rings. The minimum Gasteiger partial charge on any atom is -0.406 e. The molecule has 0 radical (unpaired) electrons. The predicted molar refractivity (Wildman–Crippen MR) is 112 cm³/mol. The predicted octanol–water partition coefficient (Wildman–Crippen LogP) is 5.80. The summed E-state index contributed by atoms with van der Waals surface area (Å²) in [6, 6.07) is 7.19. The summed E-state index contributed by atoms with van der Waals surface area (Å²) < 4.78 is 85.2. The Morgan fingerprint density at radius 2 is 1.06 bits per heavy atom. The van der Waals surface area contributed by atoms with Crippen LogP contribution < -0.4 is 20.2 Å². The third-order valence-corrected chi connectivity index (χ3v) is 6.36. The molecule has 35 heavy (non-hydrogen) atoms. The maximum atomic E-state index is 12.7. The van der Waals surface area contributed by atoms with Crippen molar-refractivity contribution in [2.24, 2.45) is 9.98 Å². The molecule has 0 aliphatic carbocycles. The Kier molecular flexibility index (Phi) is 4.86. The second-order valence-electron chi connectivity index (χ2n) is 7.14. The fourth-order valence-corrected chi connectivity index (χ4v) is 5.45. The highest BCUT2D eigenvalue weighted by Crippen LogP contribution is 2.43. The van der Waals surface area contributed by atoms with E-state index in [0.717, 1.165) is 35.6 Å². The minimum atomic E-state index is -4.93. The highest BCUT2D eigenvalue weighted by atomic mass is 32.1. The number of nitriles is 2. The third-order valence-electron chi connectivity index (χ3n) is 5.16. The molecule has 6 nitrogen and oxygen atoms in total. The molecule has 4 aromatic carbocycles. The summed E-state index contributed by atoms with van der Waals surface area (Å²) in [6.45, 7) is 0. The SMILES string of the molecule is N#C/N=c1\c2cc(OC(F)(F)F)ccc2c2c1sc1/c(=N/C#N)c3cc(OC(F)(F)F)ccc3c12. The first-order valence-electron chi connectivity index (χ1n) is 9.43. The molecule has 0 saturated heterocycles. The van der Waals surface area contributed by atoms with Gasteiger partial charge in [0, 0.05) is 21.5 Å². The van der Waals surface area contributed by atoms with E-state index in [1.165, 1.54) is 12.1 Å². The van der Waals surface area contributed by atoms with Crippen molar-refractivity contribution in [1.82, 2.24) is 0 Å². The lowest BCUT2D eigenvalue weighted by Gasteiger charge is -2.08. The summed E-state index contributed by atoms with van der Waals surface area (Å²) in [5.41, 5.74) is 0. The molecular formula is C22H6F6N4O2S. The summed E-state index contributed by atoms with van der Waals surface area (Å²) in [6.07, 6.45) is -6.59. The molecule has 1 aromatic heterocycles. The third kappa shape index (κ3) is 3.76. The Bertz CT molecular complexity index is 1730. The average Bonchev–Trinajstić information content (AvgIpc) is 3.34. The normalized spacial score (nSPS) is 13.7. The van der Waals surface area contributed by atoms with Gasteiger partial charge in [0.05, 0.1) is 9.40 Å². The van der Waals surface area contributed by atoms with Crippen LogP contribution >= 0.6 is 11.3 Å². The number of nitrogens with zero attached hydrogens (tertiary/aromatic N) is 4. The van der Waals surface area contributed by atoms with Crippen LogP contribution in [0, 0.1) is 22.9 Å². The van der Waals surface area contributed by atoms with Crippen LogP contribution in [0.3, 0.4) is 0 Å². The van der Waals surface area contributed by atoms with Crippen molar-refractivity contribution in [1.29, 1.82) is 10.5 Å². The molecule has 5 aromatic rings. The van der Waals surface area contributed by atoms with E-state index < -0.39 is 24.2 Å². The van der Waals surface area contributed by atoms with Crippen molar-refractivity contribution in [3.8, 4) is 23.9 Å². The van der Waals surface area contributed by atoms with Crippen LogP contribution in [-0.4, -0.2) is 12.7 Å². The van der Waals surface area contributed by atoms with Gasteiger partial charge in [0.2, 0.25) is 12.4 Å². The molecule has 0 aliphatic heterocycles. The maximum absolute atomic E-state index is 12.7. The quantitative estimate of drug-likeness (QED) is 0.225. The minimum absolute atomic E-state index is 0.111. The molecule has 0 amide bonds. The topological polar surface area (TPSA) is 90.8 Å². The van der Waals surface area contributed by atoms with E-state index in [0.29, 0.717) is 30.9 Å². The average molecular weight is 504 g/mol. The summed E-state index contributed by atoms with van der Waals surface area (Å²) in [4.78, 5) is 7.57. The van der Waals surface area contributed by atoms with Gasteiger partial charge in [-0.15, -0.1) is 37.7 Å². The van der Waals surface area contributed by atoms with Crippen LogP contribution in [0.1, 0.15) is 0 Å². The molecule has 0 N–H and O–H groups in total. The van der Waals surface area contributed by atoms with Crippen molar-refractivity contribution in [3.05, 3.63) is 47.1 Å². The summed E-state index contributed by atoms with van der Waals surface area (Å²) >= 11 is 1.07. The van der Waals surface area contributed by atoms with Gasteiger partial charge in [-0.3, -0.25) is 0 Å². The number of alkyl halides is 6. The van der Waals surface area contributed by atoms with E-state index in [9.17, 15) is 36.9 Å². The summed E-state index contributed by atoms with van der Waals surface area (Å²) in [5.74, 6) is -1.01. The maximum Gasteiger partial charge on any atom is 0.573 e. The zero-order valence-corrected chi connectivity index (χ0v) is 17.6. The number of halogens is 6. The summed E-state index contributed by atoms with van der Waals surface area (Å²) in [5, 5.41) is 21.0. The highest BCUT2D eigenvalue weighted by Gasteiger charge is 2.32. The van der Waals surface area contributed by atoms with Gasteiger partial charge in [0.1, 0.15) is 22.2 Å². The lowest BCUT2D eigenvalue weighted by atomic mass is 10.1. The van der Waals surface area contributed by atoms with Crippen molar-refractivity contribution < 1.29 is 35.8 Å². The van der Waals surface area contributed by atoms with E-state index in [2.05, 4.69) is 19.5 Å². The number of thiophene rings is 1. The Morgan fingerprint density at radius 3 is 1.40 bits per heavy atom. The number of hydrogen-bond acceptors (Lipinski definition) is 7. The molecular weight excluding hydrogens is 498 g/mol. The first-order valence-corrected chi connectivity index (χ1v) is 10.2. The molecule has 0 spiro atoms. The number of rotatable bonds is 2. The monoisotopic (exact) mass is 504 g/mol. The van der Waals surface area contributed by atoms with Gasteiger partial charge in [-0.1, -0.05) is 0 Å². The van der Waals surface area contributed by atoms with Gasteiger partial charge in [-0.2, -0.15) is 20.5 Å². The largest absolute Gasteiger partial charge is 0.573 e. The van der Waals surface area contributed by atoms with E-state index in [1.807, 2.05) is 0 Å². The molecule has 0 bridgehead atoms. The Morgan fingerprint density at radius 1 is 0.657 bits per heavy atom. The fraction of sp³-hybridized carbons (Fsp3) is 0.0909. The van der Waals surface area contributed by atoms with Gasteiger partial charge < -0.3 is 9.47 Å².